The number of rotatable bonds is 4. The molecule has 0 spiro atoms. The third kappa shape index (κ3) is 4.59. The van der Waals surface area contributed by atoms with Crippen molar-refractivity contribution >= 4 is 11.8 Å². The number of benzene rings is 1. The Morgan fingerprint density at radius 2 is 1.91 bits per heavy atom. The number of nitrogens with one attached hydrogen (secondary N) is 1. The Kier molecular flexibility index (Phi) is 5.69. The number of ether oxygens (including phenoxy) is 3. The number of anilines is 1. The summed E-state index contributed by atoms with van der Waals surface area (Å²) in [7, 11) is 3.03. The summed E-state index contributed by atoms with van der Waals surface area (Å²) in [6, 6.07) is 3.55. The first kappa shape index (κ1) is 17.7. The van der Waals surface area contributed by atoms with Crippen molar-refractivity contribution in [3.8, 4) is 23.8 Å². The first-order chi connectivity index (χ1) is 10.2. The molecule has 0 saturated carbocycles. The summed E-state index contributed by atoms with van der Waals surface area (Å²) in [5.74, 6) is 3.43. The predicted molar refractivity (Wildman–Crippen MR) is 86.7 cm³/mol. The van der Waals surface area contributed by atoms with Crippen LogP contribution >= 0.6 is 0 Å². The highest BCUT2D eigenvalue weighted by Gasteiger charge is 2.20. The number of methoxy groups -OCH3 is 2. The van der Waals surface area contributed by atoms with Gasteiger partial charge >= 0.3 is 6.09 Å². The van der Waals surface area contributed by atoms with Gasteiger partial charge in [-0.05, 0) is 45.4 Å². The number of hydrogen-bond acceptors (Lipinski definition) is 4. The largest absolute Gasteiger partial charge is 0.493 e. The molecule has 0 aliphatic carbocycles. The van der Waals surface area contributed by atoms with Crippen LogP contribution in [0.2, 0.25) is 0 Å². The molecule has 1 atom stereocenters. The van der Waals surface area contributed by atoms with E-state index in [1.807, 2.05) is 6.92 Å². The van der Waals surface area contributed by atoms with Crippen LogP contribution in [0.1, 0.15) is 39.2 Å². The molecule has 0 fully saturated rings. The molecule has 1 unspecified atom stereocenters. The second kappa shape index (κ2) is 7.08. The minimum absolute atomic E-state index is 0.126. The van der Waals surface area contributed by atoms with Crippen molar-refractivity contribution in [2.45, 2.75) is 39.2 Å². The third-order valence-corrected chi connectivity index (χ3v) is 2.89. The van der Waals surface area contributed by atoms with Crippen molar-refractivity contribution in [3.05, 3.63) is 17.7 Å². The van der Waals surface area contributed by atoms with E-state index >= 15 is 0 Å². The van der Waals surface area contributed by atoms with Crippen molar-refractivity contribution in [1.29, 1.82) is 0 Å². The first-order valence-electron chi connectivity index (χ1n) is 6.94. The van der Waals surface area contributed by atoms with Gasteiger partial charge in [0, 0.05) is 5.92 Å². The minimum atomic E-state index is -0.592. The molecule has 5 heteroatoms. The molecule has 0 aliphatic rings. The molecule has 5 nitrogen and oxygen atoms in total. The highest BCUT2D eigenvalue weighted by Crippen LogP contribution is 2.38. The number of carbonyl (C=O) groups excluding carboxylic acids is 1. The molecule has 0 aliphatic heterocycles. The molecular weight excluding hydrogens is 282 g/mol. The number of terminal acetylenes is 1. The van der Waals surface area contributed by atoms with Crippen LogP contribution in [0.5, 0.6) is 11.5 Å². The van der Waals surface area contributed by atoms with Crippen LogP contribution in [0.4, 0.5) is 10.5 Å². The monoisotopic (exact) mass is 305 g/mol. The Hall–Kier alpha value is -2.35. The highest BCUT2D eigenvalue weighted by atomic mass is 16.6. The van der Waals surface area contributed by atoms with E-state index in [-0.39, 0.29) is 5.92 Å². The average Bonchev–Trinajstić information content (AvgIpc) is 2.43. The summed E-state index contributed by atoms with van der Waals surface area (Å²) in [6.45, 7) is 7.27. The highest BCUT2D eigenvalue weighted by molar-refractivity contribution is 5.88. The lowest BCUT2D eigenvalue weighted by Crippen LogP contribution is -2.27. The fourth-order valence-electron chi connectivity index (χ4n) is 1.84. The first-order valence-corrected chi connectivity index (χ1v) is 6.94. The van der Waals surface area contributed by atoms with Gasteiger partial charge in [-0.1, -0.05) is 5.92 Å². The van der Waals surface area contributed by atoms with E-state index in [4.69, 9.17) is 20.6 Å². The molecule has 1 aromatic rings. The molecule has 120 valence electrons. The van der Waals surface area contributed by atoms with Gasteiger partial charge in [-0.15, -0.1) is 6.42 Å². The predicted octanol–water partition coefficient (Wildman–Crippen LogP) is 3.79. The molecule has 22 heavy (non-hydrogen) atoms. The number of carbonyl (C=O) groups is 1. The van der Waals surface area contributed by atoms with Gasteiger partial charge in [-0.25, -0.2) is 4.79 Å². The molecule has 0 heterocycles. The minimum Gasteiger partial charge on any atom is -0.493 e. The van der Waals surface area contributed by atoms with Crippen LogP contribution in [0.25, 0.3) is 0 Å². The van der Waals surface area contributed by atoms with E-state index in [0.717, 1.165) is 5.56 Å². The van der Waals surface area contributed by atoms with E-state index in [0.29, 0.717) is 17.2 Å². The van der Waals surface area contributed by atoms with E-state index in [1.54, 1.807) is 32.9 Å². The lowest BCUT2D eigenvalue weighted by molar-refractivity contribution is 0.0635. The van der Waals surface area contributed by atoms with E-state index in [2.05, 4.69) is 11.2 Å². The summed E-state index contributed by atoms with van der Waals surface area (Å²) in [4.78, 5) is 12.0. The van der Waals surface area contributed by atoms with Crippen molar-refractivity contribution in [1.82, 2.24) is 0 Å². The molecule has 1 N–H and O–H groups in total. The van der Waals surface area contributed by atoms with Crippen LogP contribution in [-0.2, 0) is 4.74 Å². The fourth-order valence-corrected chi connectivity index (χ4v) is 1.84. The average molecular weight is 305 g/mol. The maximum atomic E-state index is 12.0. The van der Waals surface area contributed by atoms with Crippen molar-refractivity contribution in [3.63, 3.8) is 0 Å². The number of amides is 1. The van der Waals surface area contributed by atoms with Crippen LogP contribution in [-0.4, -0.2) is 25.9 Å². The summed E-state index contributed by atoms with van der Waals surface area (Å²) >= 11 is 0. The van der Waals surface area contributed by atoms with E-state index < -0.39 is 11.7 Å². The lowest BCUT2D eigenvalue weighted by atomic mass is 10.0. The molecule has 1 amide bonds. The Morgan fingerprint density at radius 3 is 2.36 bits per heavy atom. The third-order valence-electron chi connectivity index (χ3n) is 2.89. The topological polar surface area (TPSA) is 56.8 Å². The van der Waals surface area contributed by atoms with Gasteiger partial charge in [0.25, 0.3) is 0 Å². The molecule has 0 saturated heterocycles. The Morgan fingerprint density at radius 1 is 1.27 bits per heavy atom. The van der Waals surface area contributed by atoms with Crippen LogP contribution in [0.3, 0.4) is 0 Å². The zero-order chi connectivity index (χ0) is 16.9. The van der Waals surface area contributed by atoms with Gasteiger partial charge in [0.15, 0.2) is 11.5 Å². The zero-order valence-electron chi connectivity index (χ0n) is 13.9. The quantitative estimate of drug-likeness (QED) is 0.860. The van der Waals surface area contributed by atoms with E-state index in [1.165, 1.54) is 14.2 Å². The SMILES string of the molecule is C#CC(C)c1cc(NC(=O)OC(C)(C)C)c(OC)c(OC)c1. The summed E-state index contributed by atoms with van der Waals surface area (Å²) in [6.07, 6.45) is 4.90. The molecule has 0 bridgehead atoms. The molecular formula is C17H23NO4. The van der Waals surface area contributed by atoms with Crippen molar-refractivity contribution in [2.24, 2.45) is 0 Å². The molecule has 1 rings (SSSR count). The zero-order valence-corrected chi connectivity index (χ0v) is 13.9. The lowest BCUT2D eigenvalue weighted by Gasteiger charge is -2.21. The maximum absolute atomic E-state index is 12.0. The maximum Gasteiger partial charge on any atom is 0.412 e. The van der Waals surface area contributed by atoms with Crippen LogP contribution in [0, 0.1) is 12.3 Å². The molecule has 1 aromatic carbocycles. The van der Waals surface area contributed by atoms with Gasteiger partial charge in [0.2, 0.25) is 0 Å². The standard InChI is InChI=1S/C17H23NO4/c1-8-11(2)12-9-13(15(21-7)14(10-12)20-6)18-16(19)22-17(3,4)5/h1,9-11H,2-7H3,(H,18,19). The molecule has 0 aromatic heterocycles. The van der Waals surface area contributed by atoms with Crippen LogP contribution < -0.4 is 14.8 Å². The van der Waals surface area contributed by atoms with Gasteiger partial charge in [0.1, 0.15) is 5.60 Å². The summed E-state index contributed by atoms with van der Waals surface area (Å²) < 4.78 is 15.9. The van der Waals surface area contributed by atoms with E-state index in [9.17, 15) is 4.79 Å². The second-order valence-corrected chi connectivity index (χ2v) is 5.82. The molecule has 0 radical (unpaired) electrons. The Bertz CT molecular complexity index is 582. The smallest absolute Gasteiger partial charge is 0.412 e. The van der Waals surface area contributed by atoms with Crippen molar-refractivity contribution in [2.75, 3.05) is 19.5 Å². The van der Waals surface area contributed by atoms with Gasteiger partial charge in [-0.3, -0.25) is 5.32 Å². The summed E-state index contributed by atoms with van der Waals surface area (Å²) in [5, 5.41) is 2.68. The summed E-state index contributed by atoms with van der Waals surface area (Å²) in [5.41, 5.74) is 0.699. The van der Waals surface area contributed by atoms with Crippen molar-refractivity contribution < 1.29 is 19.0 Å². The Balaban J connectivity index is 3.21. The number of hydrogen-bond donors (Lipinski definition) is 1. The van der Waals surface area contributed by atoms with Gasteiger partial charge < -0.3 is 14.2 Å². The van der Waals surface area contributed by atoms with Gasteiger partial charge in [-0.2, -0.15) is 0 Å². The second-order valence-electron chi connectivity index (χ2n) is 5.82. The Labute approximate surface area is 131 Å². The normalized spacial score (nSPS) is 12.0. The van der Waals surface area contributed by atoms with Crippen LogP contribution in [0.15, 0.2) is 12.1 Å². The fraction of sp³-hybridized carbons (Fsp3) is 0.471. The van der Waals surface area contributed by atoms with Gasteiger partial charge in [0.05, 0.1) is 19.9 Å².